The zero-order chi connectivity index (χ0) is 54.3. The molecule has 6 N–H and O–H groups in total. The van der Waals surface area contributed by atoms with Gasteiger partial charge in [-0.1, -0.05) is 245 Å². The van der Waals surface area contributed by atoms with Crippen LogP contribution in [0.3, 0.4) is 0 Å². The Bertz CT molecular complexity index is 1590. The molecule has 428 valence electrons. The van der Waals surface area contributed by atoms with Gasteiger partial charge in [-0.2, -0.15) is 0 Å². The van der Waals surface area contributed by atoms with Crippen LogP contribution in [0.4, 0.5) is 0 Å². The quantitative estimate of drug-likeness (QED) is 0.0261. The van der Waals surface area contributed by atoms with E-state index in [1.165, 1.54) is 116 Å². The Morgan fingerprint density at radius 1 is 0.467 bits per heavy atom. The van der Waals surface area contributed by atoms with E-state index in [1.807, 2.05) is 6.08 Å². The summed E-state index contributed by atoms with van der Waals surface area (Å²) >= 11 is 0. The highest BCUT2D eigenvalue weighted by atomic mass is 16.7. The van der Waals surface area contributed by atoms with Gasteiger partial charge < -0.3 is 40.3 Å². The molecule has 1 amide bonds. The number of amides is 1. The van der Waals surface area contributed by atoms with Gasteiger partial charge in [0.15, 0.2) is 6.29 Å². The van der Waals surface area contributed by atoms with Gasteiger partial charge in [0.05, 0.1) is 25.4 Å². The van der Waals surface area contributed by atoms with Crippen LogP contribution in [0.5, 0.6) is 0 Å². The highest BCUT2D eigenvalue weighted by Crippen LogP contribution is 2.23. The minimum atomic E-state index is -1.58. The third kappa shape index (κ3) is 43.3. The van der Waals surface area contributed by atoms with Crippen molar-refractivity contribution in [1.82, 2.24) is 5.32 Å². The number of ether oxygens (including phenoxy) is 2. The van der Waals surface area contributed by atoms with Crippen LogP contribution in [-0.4, -0.2) is 87.5 Å². The molecule has 0 spiro atoms. The predicted molar refractivity (Wildman–Crippen MR) is 317 cm³/mol. The molecular formula is C66H111NO8. The number of hydrogen-bond acceptors (Lipinski definition) is 8. The van der Waals surface area contributed by atoms with E-state index in [2.05, 4.69) is 129 Å². The average molecular weight is 1050 g/mol. The Labute approximate surface area is 458 Å². The van der Waals surface area contributed by atoms with Crippen molar-refractivity contribution in [2.75, 3.05) is 13.2 Å². The lowest BCUT2D eigenvalue weighted by Crippen LogP contribution is -2.60. The zero-order valence-corrected chi connectivity index (χ0v) is 47.5. The van der Waals surface area contributed by atoms with Crippen LogP contribution in [0.1, 0.15) is 232 Å². The molecule has 0 aromatic heterocycles. The molecule has 1 aliphatic rings. The van der Waals surface area contributed by atoms with Crippen molar-refractivity contribution < 1.29 is 39.8 Å². The SMILES string of the molecule is CC/C=C\C/C=C\C/C=C\C/C=C\C/C=C\C/C=C\C/C=C\CCCCCCCCCCCCCCCCCC(=O)NC(COC1OC(CO)C(O)C(O)C1O)C(O)/C=C/CC/C=C/CC/C=C/CCCCCCC. The molecule has 0 aromatic rings. The van der Waals surface area contributed by atoms with Crippen LogP contribution in [0.2, 0.25) is 0 Å². The molecule has 7 atom stereocenters. The zero-order valence-electron chi connectivity index (χ0n) is 47.5. The lowest BCUT2D eigenvalue weighted by Gasteiger charge is -2.40. The van der Waals surface area contributed by atoms with E-state index in [0.29, 0.717) is 6.42 Å². The van der Waals surface area contributed by atoms with Crippen molar-refractivity contribution in [1.29, 1.82) is 0 Å². The first-order valence-electron chi connectivity index (χ1n) is 30.3. The number of hydrogen-bond donors (Lipinski definition) is 6. The molecular weight excluding hydrogens is 935 g/mol. The molecule has 0 aromatic carbocycles. The van der Waals surface area contributed by atoms with Gasteiger partial charge in [0.2, 0.25) is 5.91 Å². The summed E-state index contributed by atoms with van der Waals surface area (Å²) in [5.74, 6) is -0.195. The smallest absolute Gasteiger partial charge is 0.220 e. The fraction of sp³-hybridized carbons (Fsp3) is 0.682. The van der Waals surface area contributed by atoms with Crippen molar-refractivity contribution in [3.05, 3.63) is 122 Å². The Kier molecular flexibility index (Phi) is 50.1. The molecule has 75 heavy (non-hydrogen) atoms. The first-order valence-corrected chi connectivity index (χ1v) is 30.3. The van der Waals surface area contributed by atoms with Crippen LogP contribution in [0.25, 0.3) is 0 Å². The average Bonchev–Trinajstić information content (AvgIpc) is 3.41. The molecule has 0 bridgehead atoms. The molecule has 0 saturated carbocycles. The number of nitrogens with one attached hydrogen (secondary N) is 1. The lowest BCUT2D eigenvalue weighted by molar-refractivity contribution is -0.302. The summed E-state index contributed by atoms with van der Waals surface area (Å²) in [6, 6.07) is -0.835. The van der Waals surface area contributed by atoms with E-state index < -0.39 is 49.5 Å². The van der Waals surface area contributed by atoms with Gasteiger partial charge >= 0.3 is 0 Å². The van der Waals surface area contributed by atoms with Gasteiger partial charge in [-0.3, -0.25) is 4.79 Å². The Morgan fingerprint density at radius 2 is 0.840 bits per heavy atom. The number of carbonyl (C=O) groups is 1. The molecule has 9 nitrogen and oxygen atoms in total. The Hall–Kier alpha value is -3.41. The number of carbonyl (C=O) groups excluding carboxylic acids is 1. The third-order valence-corrected chi connectivity index (χ3v) is 13.5. The summed E-state index contributed by atoms with van der Waals surface area (Å²) in [7, 11) is 0. The van der Waals surface area contributed by atoms with Crippen LogP contribution in [0.15, 0.2) is 122 Å². The molecule has 9 heteroatoms. The fourth-order valence-corrected chi connectivity index (χ4v) is 8.76. The maximum atomic E-state index is 13.1. The molecule has 1 heterocycles. The second-order valence-electron chi connectivity index (χ2n) is 20.4. The lowest BCUT2D eigenvalue weighted by atomic mass is 9.99. The van der Waals surface area contributed by atoms with Gasteiger partial charge in [-0.05, 0) is 103 Å². The maximum Gasteiger partial charge on any atom is 0.220 e. The van der Waals surface area contributed by atoms with Gasteiger partial charge in [0.1, 0.15) is 24.4 Å². The predicted octanol–water partition coefficient (Wildman–Crippen LogP) is 15.5. The maximum absolute atomic E-state index is 13.1. The summed E-state index contributed by atoms with van der Waals surface area (Å²) in [5, 5.41) is 54.4. The Morgan fingerprint density at radius 3 is 1.28 bits per heavy atom. The van der Waals surface area contributed by atoms with Crippen molar-refractivity contribution in [2.45, 2.75) is 275 Å². The molecule has 0 aliphatic carbocycles. The standard InChI is InChI=1S/C66H111NO8/c1-3-5-7-9-11-13-15-17-19-20-21-22-23-24-25-26-27-28-29-30-31-32-33-34-35-36-37-38-39-40-42-44-46-48-50-52-54-56-62(70)67-59(58-74-66-65(73)64(72)63(71)61(57-68)75-66)60(69)55-53-51-49-47-45-43-41-18-16-14-12-10-8-6-4-2/h5,7,11,13,16-19,21-22,24-25,27-28,30-31,45,47,53,55,59-61,63-66,68-69,71-73H,3-4,6,8-10,12,14-15,20,23,26,29,32-44,46,48-52,54,56-58H2,1-2H3,(H,67,70)/b7-5-,13-11-,18-16+,19-17-,22-21-,25-24-,28-27-,31-30-,47-45+,55-53+. The van der Waals surface area contributed by atoms with E-state index in [1.54, 1.807) is 6.08 Å². The third-order valence-electron chi connectivity index (χ3n) is 13.5. The molecule has 1 fully saturated rings. The number of unbranched alkanes of at least 4 members (excludes halogenated alkanes) is 22. The Balaban J connectivity index is 2.15. The van der Waals surface area contributed by atoms with Crippen molar-refractivity contribution in [2.24, 2.45) is 0 Å². The summed E-state index contributed by atoms with van der Waals surface area (Å²) in [6.07, 6.45) is 74.2. The number of aliphatic hydroxyl groups excluding tert-OH is 5. The minimum Gasteiger partial charge on any atom is -0.394 e. The first-order chi connectivity index (χ1) is 36.8. The number of rotatable bonds is 50. The number of aliphatic hydroxyl groups is 5. The molecule has 1 saturated heterocycles. The largest absolute Gasteiger partial charge is 0.394 e. The molecule has 1 aliphatic heterocycles. The highest BCUT2D eigenvalue weighted by molar-refractivity contribution is 5.76. The van der Waals surface area contributed by atoms with Crippen molar-refractivity contribution in [3.8, 4) is 0 Å². The topological polar surface area (TPSA) is 149 Å². The summed E-state index contributed by atoms with van der Waals surface area (Å²) in [6.45, 7) is 3.62. The first kappa shape index (κ1) is 69.6. The van der Waals surface area contributed by atoms with Gasteiger partial charge in [0, 0.05) is 6.42 Å². The minimum absolute atomic E-state index is 0.195. The van der Waals surface area contributed by atoms with E-state index in [4.69, 9.17) is 9.47 Å². The fourth-order valence-electron chi connectivity index (χ4n) is 8.76. The summed E-state index contributed by atoms with van der Waals surface area (Å²) < 4.78 is 11.2. The second kappa shape index (κ2) is 54.0. The normalized spacial score (nSPS) is 19.8. The van der Waals surface area contributed by atoms with Crippen LogP contribution in [0, 0.1) is 0 Å². The molecule has 7 unspecified atom stereocenters. The highest BCUT2D eigenvalue weighted by Gasteiger charge is 2.44. The van der Waals surface area contributed by atoms with E-state index in [0.717, 1.165) is 96.3 Å². The van der Waals surface area contributed by atoms with E-state index >= 15 is 0 Å². The summed E-state index contributed by atoms with van der Waals surface area (Å²) in [5.41, 5.74) is 0. The van der Waals surface area contributed by atoms with Gasteiger partial charge in [-0.15, -0.1) is 0 Å². The monoisotopic (exact) mass is 1050 g/mol. The van der Waals surface area contributed by atoms with E-state index in [9.17, 15) is 30.3 Å². The molecule has 1 rings (SSSR count). The van der Waals surface area contributed by atoms with Crippen LogP contribution < -0.4 is 5.32 Å². The van der Waals surface area contributed by atoms with E-state index in [-0.39, 0.29) is 12.5 Å². The van der Waals surface area contributed by atoms with Crippen molar-refractivity contribution in [3.63, 3.8) is 0 Å². The van der Waals surface area contributed by atoms with Gasteiger partial charge in [-0.25, -0.2) is 0 Å². The number of allylic oxidation sites excluding steroid dienone is 19. The van der Waals surface area contributed by atoms with Crippen LogP contribution >= 0.6 is 0 Å². The van der Waals surface area contributed by atoms with Gasteiger partial charge in [0.25, 0.3) is 0 Å². The van der Waals surface area contributed by atoms with Crippen molar-refractivity contribution >= 4 is 5.91 Å². The second-order valence-corrected chi connectivity index (χ2v) is 20.4. The summed E-state index contributed by atoms with van der Waals surface area (Å²) in [4.78, 5) is 13.1. The van der Waals surface area contributed by atoms with Crippen LogP contribution in [-0.2, 0) is 14.3 Å². The molecule has 0 radical (unpaired) electrons.